The van der Waals surface area contributed by atoms with Crippen LogP contribution in [0.15, 0.2) is 47.1 Å². The molecule has 0 bridgehead atoms. The summed E-state index contributed by atoms with van der Waals surface area (Å²) in [6.45, 7) is 4.00. The van der Waals surface area contributed by atoms with E-state index in [0.29, 0.717) is 17.8 Å². The van der Waals surface area contributed by atoms with Gasteiger partial charge in [-0.25, -0.2) is 0 Å². The van der Waals surface area contributed by atoms with Gasteiger partial charge in [0.25, 0.3) is 0 Å². The number of ether oxygens (including phenoxy) is 1. The van der Waals surface area contributed by atoms with Crippen LogP contribution in [0, 0.1) is 12.8 Å². The van der Waals surface area contributed by atoms with Crippen molar-refractivity contribution < 1.29 is 9.26 Å². The summed E-state index contributed by atoms with van der Waals surface area (Å²) in [5.41, 5.74) is 3.37. The fourth-order valence-electron chi connectivity index (χ4n) is 3.82. The van der Waals surface area contributed by atoms with E-state index < -0.39 is 0 Å². The Hall–Kier alpha value is -2.89. The highest BCUT2D eigenvalue weighted by molar-refractivity contribution is 5.58. The molecule has 0 radical (unpaired) electrons. The van der Waals surface area contributed by atoms with Crippen molar-refractivity contribution in [2.24, 2.45) is 5.92 Å². The normalized spacial score (nSPS) is 16.5. The van der Waals surface area contributed by atoms with Gasteiger partial charge in [0.15, 0.2) is 0 Å². The number of methoxy groups -OCH3 is 1. The number of aromatic nitrogens is 3. The van der Waals surface area contributed by atoms with Crippen molar-refractivity contribution in [2.45, 2.75) is 32.6 Å². The number of pyridine rings is 1. The molecule has 3 aromatic rings. The van der Waals surface area contributed by atoms with Gasteiger partial charge in [0.1, 0.15) is 5.75 Å². The molecule has 6 heteroatoms. The quantitative estimate of drug-likeness (QED) is 0.611. The number of aryl methyl sites for hydroxylation is 2. The van der Waals surface area contributed by atoms with Crippen LogP contribution in [-0.4, -0.2) is 35.3 Å². The van der Waals surface area contributed by atoms with Gasteiger partial charge >= 0.3 is 6.01 Å². The Bertz CT molecular complexity index is 924. The summed E-state index contributed by atoms with van der Waals surface area (Å²) < 4.78 is 10.8. The molecule has 0 amide bonds. The van der Waals surface area contributed by atoms with Crippen LogP contribution in [0.4, 0.5) is 6.01 Å². The second-order valence-electron chi connectivity index (χ2n) is 7.43. The minimum absolute atomic E-state index is 0.602. The van der Waals surface area contributed by atoms with Crippen LogP contribution < -0.4 is 9.64 Å². The molecule has 6 nitrogen and oxygen atoms in total. The summed E-state index contributed by atoms with van der Waals surface area (Å²) in [6.07, 6.45) is 6.60. The summed E-state index contributed by atoms with van der Waals surface area (Å²) in [5, 5.41) is 4.15. The first-order chi connectivity index (χ1) is 13.7. The Balaban J connectivity index is 1.31. The highest BCUT2D eigenvalue weighted by atomic mass is 16.5. The predicted molar refractivity (Wildman–Crippen MR) is 109 cm³/mol. The minimum Gasteiger partial charge on any atom is -0.497 e. The Kier molecular flexibility index (Phi) is 5.55. The van der Waals surface area contributed by atoms with Crippen molar-refractivity contribution in [3.63, 3.8) is 0 Å². The lowest BCUT2D eigenvalue weighted by Gasteiger charge is -2.13. The van der Waals surface area contributed by atoms with E-state index in [1.54, 1.807) is 7.11 Å². The van der Waals surface area contributed by atoms with Crippen LogP contribution in [0.3, 0.4) is 0 Å². The zero-order valence-electron chi connectivity index (χ0n) is 16.5. The maximum absolute atomic E-state index is 5.53. The van der Waals surface area contributed by atoms with Crippen LogP contribution >= 0.6 is 0 Å². The summed E-state index contributed by atoms with van der Waals surface area (Å²) in [6, 6.07) is 12.6. The molecule has 1 aliphatic heterocycles. The van der Waals surface area contributed by atoms with E-state index in [1.165, 1.54) is 24.8 Å². The van der Waals surface area contributed by atoms with Gasteiger partial charge in [-0.1, -0.05) is 17.3 Å². The molecule has 1 aliphatic rings. The Morgan fingerprint density at radius 1 is 1.25 bits per heavy atom. The Labute approximate surface area is 165 Å². The first kappa shape index (κ1) is 18.5. The van der Waals surface area contributed by atoms with Crippen LogP contribution in [0.2, 0.25) is 0 Å². The summed E-state index contributed by atoms with van der Waals surface area (Å²) >= 11 is 0. The molecule has 1 saturated heterocycles. The van der Waals surface area contributed by atoms with Gasteiger partial charge in [-0.15, -0.1) is 0 Å². The van der Waals surface area contributed by atoms with Crippen molar-refractivity contribution >= 4 is 6.01 Å². The van der Waals surface area contributed by atoms with Crippen molar-refractivity contribution in [3.05, 3.63) is 53.9 Å². The van der Waals surface area contributed by atoms with Crippen molar-refractivity contribution in [1.82, 2.24) is 15.1 Å². The molecule has 4 rings (SSSR count). The maximum atomic E-state index is 5.53. The predicted octanol–water partition coefficient (Wildman–Crippen LogP) is 4.30. The van der Waals surface area contributed by atoms with Crippen LogP contribution in [0.25, 0.3) is 11.4 Å². The molecule has 2 aromatic heterocycles. The highest BCUT2D eigenvalue weighted by Gasteiger charge is 2.26. The SMILES string of the molecule is COc1cccc(-c2noc(N3CCC(CCCc4ccnc(C)c4)C3)n2)c1. The van der Waals surface area contributed by atoms with Gasteiger partial charge in [-0.3, -0.25) is 4.98 Å². The summed E-state index contributed by atoms with van der Waals surface area (Å²) in [5.74, 6) is 2.06. The molecular weight excluding hydrogens is 352 g/mol. The largest absolute Gasteiger partial charge is 0.497 e. The smallest absolute Gasteiger partial charge is 0.324 e. The van der Waals surface area contributed by atoms with Crippen molar-refractivity contribution in [1.29, 1.82) is 0 Å². The van der Waals surface area contributed by atoms with Gasteiger partial charge in [0, 0.05) is 30.5 Å². The lowest BCUT2D eigenvalue weighted by Crippen LogP contribution is -2.19. The average molecular weight is 378 g/mol. The van der Waals surface area contributed by atoms with Crippen LogP contribution in [0.5, 0.6) is 5.75 Å². The number of hydrogen-bond acceptors (Lipinski definition) is 6. The number of hydrogen-bond donors (Lipinski definition) is 0. The third-order valence-corrected chi connectivity index (χ3v) is 5.34. The molecule has 146 valence electrons. The van der Waals surface area contributed by atoms with Crippen LogP contribution in [-0.2, 0) is 6.42 Å². The fraction of sp³-hybridized carbons (Fsp3) is 0.409. The fourth-order valence-corrected chi connectivity index (χ4v) is 3.82. The number of anilines is 1. The van der Waals surface area contributed by atoms with Crippen molar-refractivity contribution in [3.8, 4) is 17.1 Å². The standard InChI is InChI=1S/C22H26N4O2/c1-16-13-17(9-11-23-16)5-3-6-18-10-12-26(15-18)22-24-21(25-28-22)19-7-4-8-20(14-19)27-2/h4,7-9,11,13-14,18H,3,5-6,10,12,15H2,1-2H3. The molecule has 1 atom stereocenters. The van der Waals surface area contributed by atoms with Gasteiger partial charge in [0.2, 0.25) is 5.82 Å². The van der Waals surface area contributed by atoms with E-state index in [0.717, 1.165) is 36.5 Å². The highest BCUT2D eigenvalue weighted by Crippen LogP contribution is 2.28. The molecule has 1 aromatic carbocycles. The lowest BCUT2D eigenvalue weighted by atomic mass is 9.99. The molecule has 0 spiro atoms. The third kappa shape index (κ3) is 4.32. The van der Waals surface area contributed by atoms with E-state index in [9.17, 15) is 0 Å². The van der Waals surface area contributed by atoms with Gasteiger partial charge in [0.05, 0.1) is 7.11 Å². The molecule has 3 heterocycles. The second kappa shape index (κ2) is 8.42. The topological polar surface area (TPSA) is 64.3 Å². The zero-order chi connectivity index (χ0) is 19.3. The van der Waals surface area contributed by atoms with Crippen LogP contribution in [0.1, 0.15) is 30.5 Å². The van der Waals surface area contributed by atoms with E-state index in [4.69, 9.17) is 9.26 Å². The zero-order valence-corrected chi connectivity index (χ0v) is 16.5. The second-order valence-corrected chi connectivity index (χ2v) is 7.43. The van der Waals surface area contributed by atoms with Gasteiger partial charge in [-0.05, 0) is 68.4 Å². The number of rotatable bonds is 7. The van der Waals surface area contributed by atoms with E-state index in [2.05, 4.69) is 32.2 Å². The molecule has 28 heavy (non-hydrogen) atoms. The summed E-state index contributed by atoms with van der Waals surface area (Å²) in [7, 11) is 1.65. The van der Waals surface area contributed by atoms with E-state index >= 15 is 0 Å². The minimum atomic E-state index is 0.602. The van der Waals surface area contributed by atoms with E-state index in [1.807, 2.05) is 37.4 Å². The first-order valence-electron chi connectivity index (χ1n) is 9.86. The maximum Gasteiger partial charge on any atom is 0.324 e. The van der Waals surface area contributed by atoms with Gasteiger partial charge in [-0.2, -0.15) is 4.98 Å². The van der Waals surface area contributed by atoms with Crippen molar-refractivity contribution in [2.75, 3.05) is 25.1 Å². The monoisotopic (exact) mass is 378 g/mol. The van der Waals surface area contributed by atoms with E-state index in [-0.39, 0.29) is 0 Å². The molecule has 1 fully saturated rings. The molecular formula is C22H26N4O2. The summed E-state index contributed by atoms with van der Waals surface area (Å²) in [4.78, 5) is 11.1. The van der Waals surface area contributed by atoms with Gasteiger partial charge < -0.3 is 14.2 Å². The number of nitrogens with zero attached hydrogens (tertiary/aromatic N) is 4. The Morgan fingerprint density at radius 3 is 3.04 bits per heavy atom. The Morgan fingerprint density at radius 2 is 2.18 bits per heavy atom. The number of benzene rings is 1. The average Bonchev–Trinajstić information content (AvgIpc) is 3.38. The third-order valence-electron chi connectivity index (χ3n) is 5.34. The first-order valence-corrected chi connectivity index (χ1v) is 9.86. The molecule has 0 aliphatic carbocycles. The lowest BCUT2D eigenvalue weighted by molar-refractivity contribution is 0.413. The molecule has 0 N–H and O–H groups in total. The molecule has 1 unspecified atom stereocenters. The molecule has 0 saturated carbocycles.